The minimum atomic E-state index is -0.537. The highest BCUT2D eigenvalue weighted by Crippen LogP contribution is 2.21. The van der Waals surface area contributed by atoms with Gasteiger partial charge in [0.25, 0.3) is 11.4 Å². The molecule has 2 rings (SSSR count). The van der Waals surface area contributed by atoms with Crippen molar-refractivity contribution in [2.75, 3.05) is 6.54 Å². The zero-order chi connectivity index (χ0) is 19.1. The molecule has 3 N–H and O–H groups in total. The lowest BCUT2D eigenvalue weighted by Gasteiger charge is -2.09. The van der Waals surface area contributed by atoms with Crippen LogP contribution in [0.5, 0.6) is 0 Å². The number of rotatable bonds is 7. The first-order chi connectivity index (χ1) is 12.5. The number of benzene rings is 1. The highest BCUT2D eigenvalue weighted by atomic mass is 32.1. The lowest BCUT2D eigenvalue weighted by molar-refractivity contribution is -0.576. The van der Waals surface area contributed by atoms with E-state index in [1.165, 1.54) is 18.2 Å². The zero-order valence-electron chi connectivity index (χ0n) is 13.8. The van der Waals surface area contributed by atoms with Crippen LogP contribution in [-0.4, -0.2) is 26.7 Å². The van der Waals surface area contributed by atoms with Gasteiger partial charge >= 0.3 is 0 Å². The van der Waals surface area contributed by atoms with Crippen LogP contribution in [0.4, 0.5) is 5.69 Å². The van der Waals surface area contributed by atoms with Crippen LogP contribution >= 0.6 is 12.2 Å². The Bertz CT molecular complexity index is 880. The predicted octanol–water partition coefficient (Wildman–Crippen LogP) is 2.36. The van der Waals surface area contributed by atoms with E-state index in [2.05, 4.69) is 11.9 Å². The first-order valence-corrected chi connectivity index (χ1v) is 8.07. The normalized spacial score (nSPS) is 11.4. The molecule has 1 heterocycles. The van der Waals surface area contributed by atoms with Gasteiger partial charge < -0.3 is 15.5 Å². The smallest absolute Gasteiger partial charge is 0.288 e. The van der Waals surface area contributed by atoms with Crippen LogP contribution in [0.1, 0.15) is 11.1 Å². The second-order valence-electron chi connectivity index (χ2n) is 5.28. The number of non-ortho nitro benzene ring substituents is 1. The summed E-state index contributed by atoms with van der Waals surface area (Å²) in [6, 6.07) is 9.05. The Hall–Kier alpha value is -3.10. The Labute approximate surface area is 155 Å². The van der Waals surface area contributed by atoms with Crippen LogP contribution in [0, 0.1) is 10.1 Å². The molecule has 0 atom stereocenters. The second-order valence-corrected chi connectivity index (χ2v) is 5.69. The number of nitro benzene ring substituents is 1. The average molecular weight is 372 g/mol. The number of hydrogen-bond donors (Lipinski definition) is 3. The van der Waals surface area contributed by atoms with Gasteiger partial charge in [0.15, 0.2) is 23.1 Å². The van der Waals surface area contributed by atoms with Gasteiger partial charge in [0.05, 0.1) is 11.5 Å². The molecule has 0 fully saturated rings. The van der Waals surface area contributed by atoms with E-state index in [0.717, 1.165) is 0 Å². The quantitative estimate of drug-likeness (QED) is 0.131. The van der Waals surface area contributed by atoms with Crippen LogP contribution in [0.2, 0.25) is 0 Å². The molecule has 7 nitrogen and oxygen atoms in total. The van der Waals surface area contributed by atoms with Crippen LogP contribution in [0.3, 0.4) is 0 Å². The van der Waals surface area contributed by atoms with E-state index in [0.29, 0.717) is 12.1 Å². The van der Waals surface area contributed by atoms with Crippen LogP contribution < -0.4 is 9.88 Å². The third kappa shape index (κ3) is 4.50. The topological polar surface area (TPSA) is 99.5 Å². The van der Waals surface area contributed by atoms with Crippen LogP contribution in [0.25, 0.3) is 11.5 Å². The van der Waals surface area contributed by atoms with Crippen molar-refractivity contribution in [1.82, 2.24) is 5.32 Å². The molecule has 0 saturated carbocycles. The average Bonchev–Trinajstić information content (AvgIpc) is 2.66. The number of nitro groups is 1. The lowest BCUT2D eigenvalue weighted by atomic mass is 10.1. The summed E-state index contributed by atoms with van der Waals surface area (Å²) >= 11 is 5.37. The van der Waals surface area contributed by atoms with Gasteiger partial charge in [-0.1, -0.05) is 30.4 Å². The number of nitrogens with one attached hydrogen (secondary N) is 1. The number of nitrogens with zero attached hydrogens (tertiary/aromatic N) is 2. The zero-order valence-corrected chi connectivity index (χ0v) is 14.6. The van der Waals surface area contributed by atoms with Gasteiger partial charge in [-0.2, -0.15) is 4.57 Å². The molecule has 26 heavy (non-hydrogen) atoms. The Morgan fingerprint density at radius 3 is 2.81 bits per heavy atom. The second kappa shape index (κ2) is 8.84. The first kappa shape index (κ1) is 19.2. The van der Waals surface area contributed by atoms with E-state index in [1.54, 1.807) is 41.2 Å². The molecule has 0 radical (unpaired) electrons. The number of thiocarbonyl (C=S) groups is 1. The summed E-state index contributed by atoms with van der Waals surface area (Å²) in [4.78, 5) is 10.7. The predicted molar refractivity (Wildman–Crippen MR) is 102 cm³/mol. The molecule has 0 aliphatic heterocycles. The Kier molecular flexibility index (Phi) is 6.54. The van der Waals surface area contributed by atoms with Gasteiger partial charge in [-0.25, -0.2) is 0 Å². The summed E-state index contributed by atoms with van der Waals surface area (Å²) in [5.41, 5.74) is 0.951. The van der Waals surface area contributed by atoms with Crippen molar-refractivity contribution < 1.29 is 19.7 Å². The van der Waals surface area contributed by atoms with E-state index in [1.807, 2.05) is 0 Å². The maximum absolute atomic E-state index is 11.0. The van der Waals surface area contributed by atoms with Crippen molar-refractivity contribution in [3.05, 3.63) is 82.7 Å². The largest absolute Gasteiger partial charge is 0.502 e. The minimum absolute atomic E-state index is 0.146. The highest BCUT2D eigenvalue weighted by molar-refractivity contribution is 7.81. The first-order valence-electron chi connectivity index (χ1n) is 7.66. The lowest BCUT2D eigenvalue weighted by Crippen LogP contribution is -2.41. The van der Waals surface area contributed by atoms with Gasteiger partial charge in [-0.15, -0.1) is 6.58 Å². The minimum Gasteiger partial charge on any atom is -0.502 e. The number of pyridine rings is 1. The van der Waals surface area contributed by atoms with E-state index < -0.39 is 4.92 Å². The van der Waals surface area contributed by atoms with Gasteiger partial charge in [0.1, 0.15) is 0 Å². The van der Waals surface area contributed by atoms with Crippen molar-refractivity contribution in [1.29, 1.82) is 0 Å². The molecular formula is C18H18N3O4S+. The van der Waals surface area contributed by atoms with E-state index in [-0.39, 0.29) is 34.3 Å². The Balaban J connectivity index is 2.62. The van der Waals surface area contributed by atoms with Crippen molar-refractivity contribution in [2.24, 2.45) is 0 Å². The van der Waals surface area contributed by atoms with Gasteiger partial charge in [-0.3, -0.25) is 10.1 Å². The standard InChI is InChI=1S/C18H17N3O4S/c1-2-8-19-18(26)16(20-9-4-5-13(11-20)12-22)17(23)14-6-3-7-15(10-14)21(24)25/h2-7,9-11,22H,1,8,12H2,(H-,19,23,26)/p+1. The number of aliphatic hydroxyl groups excluding tert-OH is 2. The monoisotopic (exact) mass is 372 g/mol. The van der Waals surface area contributed by atoms with Crippen molar-refractivity contribution >= 4 is 34.3 Å². The maximum Gasteiger partial charge on any atom is 0.288 e. The van der Waals surface area contributed by atoms with E-state index in [9.17, 15) is 20.3 Å². The van der Waals surface area contributed by atoms with Crippen LogP contribution in [-0.2, 0) is 6.61 Å². The maximum atomic E-state index is 11.0. The molecule has 0 unspecified atom stereocenters. The third-order valence-corrected chi connectivity index (χ3v) is 3.82. The fourth-order valence-electron chi connectivity index (χ4n) is 2.26. The summed E-state index contributed by atoms with van der Waals surface area (Å²) in [6.07, 6.45) is 4.89. The van der Waals surface area contributed by atoms with Gasteiger partial charge in [0.2, 0.25) is 0 Å². The van der Waals surface area contributed by atoms with Crippen molar-refractivity contribution in [2.45, 2.75) is 6.61 Å². The molecule has 0 bridgehead atoms. The van der Waals surface area contributed by atoms with Crippen molar-refractivity contribution in [3.8, 4) is 0 Å². The number of hydrogen-bond acceptors (Lipinski definition) is 5. The molecule has 8 heteroatoms. The molecule has 0 saturated heterocycles. The fraction of sp³-hybridized carbons (Fsp3) is 0.111. The Morgan fingerprint density at radius 1 is 1.38 bits per heavy atom. The summed E-state index contributed by atoms with van der Waals surface area (Å²) in [5, 5.41) is 34.1. The summed E-state index contributed by atoms with van der Waals surface area (Å²) in [6.45, 7) is 3.81. The number of aromatic nitrogens is 1. The molecule has 0 spiro atoms. The van der Waals surface area contributed by atoms with Crippen molar-refractivity contribution in [3.63, 3.8) is 0 Å². The molecular weight excluding hydrogens is 354 g/mol. The summed E-state index contributed by atoms with van der Waals surface area (Å²) in [7, 11) is 0. The van der Waals surface area contributed by atoms with Crippen LogP contribution in [0.15, 0.2) is 61.4 Å². The fourth-order valence-corrected chi connectivity index (χ4v) is 2.54. The molecule has 2 aromatic rings. The third-order valence-electron chi connectivity index (χ3n) is 3.48. The van der Waals surface area contributed by atoms with E-state index >= 15 is 0 Å². The molecule has 0 aliphatic carbocycles. The highest BCUT2D eigenvalue weighted by Gasteiger charge is 2.24. The SMILES string of the molecule is C=CCNC(=S)/C(=C(\O)c1cccc([N+](=O)[O-])c1)[n+]1cccc(CO)c1. The molecule has 0 aliphatic rings. The van der Waals surface area contributed by atoms with E-state index in [4.69, 9.17) is 12.2 Å². The molecule has 1 aromatic heterocycles. The number of aliphatic hydroxyl groups is 2. The summed E-state index contributed by atoms with van der Waals surface area (Å²) in [5.74, 6) is -0.227. The van der Waals surface area contributed by atoms with Gasteiger partial charge in [0, 0.05) is 35.9 Å². The summed E-state index contributed by atoms with van der Waals surface area (Å²) < 4.78 is 1.55. The van der Waals surface area contributed by atoms with Gasteiger partial charge in [-0.05, 0) is 6.07 Å². The molecule has 0 amide bonds. The molecule has 1 aromatic carbocycles. The Morgan fingerprint density at radius 2 is 2.15 bits per heavy atom. The molecule has 134 valence electrons.